The van der Waals surface area contributed by atoms with Crippen molar-refractivity contribution in [3.8, 4) is 38.7 Å². The first-order valence-electron chi connectivity index (χ1n) is 30.0. The molecule has 3 aromatic carbocycles. The van der Waals surface area contributed by atoms with Crippen molar-refractivity contribution in [3.63, 3.8) is 0 Å². The van der Waals surface area contributed by atoms with Gasteiger partial charge in [0.2, 0.25) is 38.8 Å². The SMILES string of the molecule is Cc1ncsc1-c1ccc(CNC(=O)[C@@H]2C[C@@H](O)CN2C(=O)[C@@H](NC(=O)CCCCCCCCCCCC(=O)NCCCCC#Cc2cccc(-c3nn(-c4nc(C(=O)O)cs4)c(CC4CC4)c3Cc3ccc(S(N)(=O)=O)cc3)c2)C(C)(C)C)cc1. The zero-order chi connectivity index (χ0) is 61.4. The summed E-state index contributed by atoms with van der Waals surface area (Å²) in [5.41, 5.74) is 9.20. The van der Waals surface area contributed by atoms with Gasteiger partial charge in [0, 0.05) is 73.8 Å². The first-order valence-corrected chi connectivity index (χ1v) is 33.3. The van der Waals surface area contributed by atoms with Gasteiger partial charge in [-0.2, -0.15) is 5.10 Å². The molecule has 18 nitrogen and oxygen atoms in total. The molecule has 3 atom stereocenters. The number of benzene rings is 3. The number of carbonyl (C=O) groups excluding carboxylic acids is 4. The second-order valence-corrected chi connectivity index (χ2v) is 27.1. The molecule has 0 bridgehead atoms. The summed E-state index contributed by atoms with van der Waals surface area (Å²) in [4.78, 5) is 76.4. The summed E-state index contributed by atoms with van der Waals surface area (Å²) in [6.07, 6.45) is 14.5. The maximum atomic E-state index is 14.0. The average molecular weight is 1230 g/mol. The van der Waals surface area contributed by atoms with Crippen LogP contribution in [0.2, 0.25) is 0 Å². The Morgan fingerprint density at radius 1 is 0.826 bits per heavy atom. The minimum atomic E-state index is -3.86. The molecular formula is C65H81N9O9S3. The zero-order valence-corrected chi connectivity index (χ0v) is 52.2. The highest BCUT2D eigenvalue weighted by atomic mass is 32.2. The Kier molecular flexibility index (Phi) is 23.0. The van der Waals surface area contributed by atoms with Crippen molar-refractivity contribution in [3.05, 3.63) is 123 Å². The third kappa shape index (κ3) is 18.7. The van der Waals surface area contributed by atoms with Crippen LogP contribution in [0, 0.1) is 30.1 Å². The number of carbonyl (C=O) groups is 5. The highest BCUT2D eigenvalue weighted by molar-refractivity contribution is 7.89. The van der Waals surface area contributed by atoms with Gasteiger partial charge in [0.15, 0.2) is 5.69 Å². The number of thiazole rings is 2. The molecule has 6 aromatic rings. The Balaban J connectivity index is 0.691. The molecule has 86 heavy (non-hydrogen) atoms. The molecule has 1 aliphatic heterocycles. The minimum Gasteiger partial charge on any atom is -0.476 e. The lowest BCUT2D eigenvalue weighted by atomic mass is 9.85. The van der Waals surface area contributed by atoms with Gasteiger partial charge >= 0.3 is 5.97 Å². The van der Waals surface area contributed by atoms with E-state index >= 15 is 0 Å². The fourth-order valence-electron chi connectivity index (χ4n) is 10.7. The number of likely N-dealkylation sites (tertiary alicyclic amines) is 1. The number of primary sulfonamides is 1. The molecule has 1 aliphatic carbocycles. The van der Waals surface area contributed by atoms with Crippen LogP contribution in [-0.4, -0.2) is 104 Å². The quantitative estimate of drug-likeness (QED) is 0.0182. The molecule has 4 heterocycles. The highest BCUT2D eigenvalue weighted by Gasteiger charge is 2.44. The summed E-state index contributed by atoms with van der Waals surface area (Å²) in [6.45, 7) is 8.53. The summed E-state index contributed by atoms with van der Waals surface area (Å²) in [5.74, 6) is 5.09. The van der Waals surface area contributed by atoms with Crippen molar-refractivity contribution >= 4 is 62.3 Å². The molecule has 0 unspecified atom stereocenters. The highest BCUT2D eigenvalue weighted by Crippen LogP contribution is 2.39. The summed E-state index contributed by atoms with van der Waals surface area (Å²) in [5, 5.41) is 41.7. The van der Waals surface area contributed by atoms with Gasteiger partial charge in [-0.05, 0) is 104 Å². The van der Waals surface area contributed by atoms with Crippen LogP contribution in [0.3, 0.4) is 0 Å². The van der Waals surface area contributed by atoms with E-state index in [1.165, 1.54) is 33.7 Å². The molecule has 8 rings (SSSR count). The van der Waals surface area contributed by atoms with Crippen LogP contribution in [0.5, 0.6) is 0 Å². The number of nitrogens with zero attached hydrogens (tertiary/aromatic N) is 5. The van der Waals surface area contributed by atoms with Crippen LogP contribution in [-0.2, 0) is 48.6 Å². The molecule has 7 N–H and O–H groups in total. The van der Waals surface area contributed by atoms with Crippen molar-refractivity contribution in [2.45, 2.75) is 179 Å². The first-order chi connectivity index (χ1) is 41.2. The lowest BCUT2D eigenvalue weighted by Crippen LogP contribution is -2.57. The lowest BCUT2D eigenvalue weighted by molar-refractivity contribution is -0.144. The molecule has 0 radical (unpaired) electrons. The fourth-order valence-corrected chi connectivity index (χ4v) is 12.8. The Hall–Kier alpha value is -7.09. The number of aliphatic hydroxyl groups is 1. The van der Waals surface area contributed by atoms with E-state index < -0.39 is 39.6 Å². The van der Waals surface area contributed by atoms with E-state index in [1.807, 2.05) is 81.7 Å². The van der Waals surface area contributed by atoms with Gasteiger partial charge in [-0.3, -0.25) is 19.2 Å². The molecule has 3 aromatic heterocycles. The molecule has 21 heteroatoms. The minimum absolute atomic E-state index is 0.0224. The van der Waals surface area contributed by atoms with Crippen LogP contribution in [0.25, 0.3) is 26.8 Å². The number of β-amino-alcohol motifs (C(OH)–C–C–N with tert-alkyl or cyclic N) is 1. The van der Waals surface area contributed by atoms with Gasteiger partial charge in [0.05, 0.1) is 38.5 Å². The fraction of sp³-hybridized carbons (Fsp3) is 0.477. The van der Waals surface area contributed by atoms with E-state index in [1.54, 1.807) is 28.2 Å². The predicted octanol–water partition coefficient (Wildman–Crippen LogP) is 10.1. The number of amides is 4. The lowest BCUT2D eigenvalue weighted by Gasteiger charge is -2.35. The molecule has 458 valence electrons. The third-order valence-corrected chi connectivity index (χ3v) is 18.5. The number of hydrogen-bond donors (Lipinski definition) is 6. The van der Waals surface area contributed by atoms with E-state index in [9.17, 15) is 42.6 Å². The maximum Gasteiger partial charge on any atom is 0.355 e. The van der Waals surface area contributed by atoms with Crippen LogP contribution in [0.1, 0.15) is 174 Å². The Labute approximate surface area is 513 Å². The largest absolute Gasteiger partial charge is 0.476 e. The van der Waals surface area contributed by atoms with Crippen LogP contribution in [0.15, 0.2) is 88.6 Å². The second kappa shape index (κ2) is 30.5. The summed E-state index contributed by atoms with van der Waals surface area (Å²) in [7, 11) is -3.86. The van der Waals surface area contributed by atoms with Crippen molar-refractivity contribution in [1.29, 1.82) is 0 Å². The summed E-state index contributed by atoms with van der Waals surface area (Å²) < 4.78 is 25.8. The second-order valence-electron chi connectivity index (χ2n) is 23.8. The molecule has 2 fully saturated rings. The number of nitrogens with one attached hydrogen (secondary N) is 3. The normalized spacial score (nSPS) is 15.4. The molecule has 2 aliphatic rings. The Bertz CT molecular complexity index is 3480. The zero-order valence-electron chi connectivity index (χ0n) is 49.7. The molecular weight excluding hydrogens is 1150 g/mol. The van der Waals surface area contributed by atoms with Crippen molar-refractivity contribution in [2.75, 3.05) is 13.1 Å². The van der Waals surface area contributed by atoms with Crippen LogP contribution < -0.4 is 21.1 Å². The van der Waals surface area contributed by atoms with Gasteiger partial charge < -0.3 is 31.1 Å². The number of nitrogens with two attached hydrogens (primary N) is 1. The number of carboxylic acids is 1. The number of rotatable bonds is 30. The number of aliphatic hydroxyl groups excluding tert-OH is 1. The van der Waals surface area contributed by atoms with Gasteiger partial charge in [-0.25, -0.2) is 33.0 Å². The summed E-state index contributed by atoms with van der Waals surface area (Å²) in [6, 6.07) is 20.6. The van der Waals surface area contributed by atoms with Crippen LogP contribution >= 0.6 is 22.7 Å². The molecule has 0 spiro atoms. The number of carboxylic acid groups (broad SMARTS) is 1. The van der Waals surface area contributed by atoms with E-state index in [2.05, 4.69) is 37.8 Å². The topological polar surface area (TPSA) is 269 Å². The predicted molar refractivity (Wildman–Crippen MR) is 335 cm³/mol. The van der Waals surface area contributed by atoms with Crippen LogP contribution in [0.4, 0.5) is 0 Å². The standard InChI is InChI=1S/C65H81N9O9S3/c1-43-59(85-42-69-43)48-30-26-47(27-31-48)39-68-61(78)55-38-50(75)40-73(55)62(79)60(65(2,3)4)71-57(77)23-16-11-9-7-5-6-8-10-15-22-56(76)67-34-17-13-12-14-19-44-20-18-21-49(35-44)58-52(36-45-28-32-51(33-29-45)86(66,82)83)54(37-46-24-25-46)74(72-58)64-70-53(41-84-64)63(80)81/h18,20-21,26-33,35,41-42,46,50,55,60,75H,5-13,15-17,22-25,34,36-40H2,1-4H3,(H,67,76)(H,68,78)(H,71,77)(H,80,81)(H2,66,82,83)/t50-,55+,60-/m1/s1. The average Bonchev–Trinajstić information content (AvgIpc) is 1.78. The first kappa shape index (κ1) is 64.9. The maximum absolute atomic E-state index is 14.0. The van der Waals surface area contributed by atoms with E-state index in [0.717, 1.165) is 133 Å². The number of aryl methyl sites for hydroxylation is 1. The van der Waals surface area contributed by atoms with E-state index in [4.69, 9.17) is 10.2 Å². The molecule has 4 amide bonds. The van der Waals surface area contributed by atoms with Gasteiger partial charge in [-0.15, -0.1) is 22.7 Å². The summed E-state index contributed by atoms with van der Waals surface area (Å²) >= 11 is 2.80. The number of aromatic carboxylic acids is 1. The number of aromatic nitrogens is 4. The monoisotopic (exact) mass is 1230 g/mol. The van der Waals surface area contributed by atoms with Gasteiger partial charge in [0.1, 0.15) is 12.1 Å². The Morgan fingerprint density at radius 3 is 2.13 bits per heavy atom. The van der Waals surface area contributed by atoms with E-state index in [0.29, 0.717) is 55.4 Å². The molecule has 1 saturated carbocycles. The number of unbranched alkanes of at least 4 members (excludes halogenated alkanes) is 10. The van der Waals surface area contributed by atoms with Crippen molar-refractivity contribution in [1.82, 2.24) is 40.6 Å². The van der Waals surface area contributed by atoms with E-state index in [-0.39, 0.29) is 53.7 Å². The van der Waals surface area contributed by atoms with Gasteiger partial charge in [0.25, 0.3) is 0 Å². The van der Waals surface area contributed by atoms with Gasteiger partial charge in [-0.1, -0.05) is 126 Å². The molecule has 1 saturated heterocycles. The third-order valence-electron chi connectivity index (χ3n) is 15.7. The smallest absolute Gasteiger partial charge is 0.355 e. The van der Waals surface area contributed by atoms with Crippen molar-refractivity contribution in [2.24, 2.45) is 16.5 Å². The number of sulfonamides is 1. The Morgan fingerprint density at radius 2 is 1.50 bits per heavy atom. The number of hydrogen-bond acceptors (Lipinski definition) is 13. The van der Waals surface area contributed by atoms with Crippen molar-refractivity contribution < 1.29 is 42.6 Å².